The van der Waals surface area contributed by atoms with E-state index >= 15 is 0 Å². The van der Waals surface area contributed by atoms with Gasteiger partial charge < -0.3 is 15.4 Å². The molecule has 2 aliphatic rings. The quantitative estimate of drug-likeness (QED) is 0.179. The number of carbonyl (C=O) groups excluding carboxylic acids is 1. The highest BCUT2D eigenvalue weighted by molar-refractivity contribution is 7.89. The Kier molecular flexibility index (Phi) is 11.7. The number of hydrogen-bond donors (Lipinski definition) is 3. The minimum absolute atomic E-state index is 0.173. The lowest BCUT2D eigenvalue weighted by Crippen LogP contribution is -2.41. The number of nitrogens with one attached hydrogen (secondary N) is 3. The maximum Gasteiger partial charge on any atom is 0.416 e. The van der Waals surface area contributed by atoms with E-state index in [0.717, 1.165) is 94.7 Å². The molecule has 1 aliphatic carbocycles. The van der Waals surface area contributed by atoms with E-state index in [9.17, 15) is 30.8 Å². The van der Waals surface area contributed by atoms with Crippen LogP contribution in [0.2, 0.25) is 0 Å². The number of benzene rings is 3. The number of amides is 1. The van der Waals surface area contributed by atoms with Gasteiger partial charge in [-0.1, -0.05) is 36.4 Å². The Morgan fingerprint density at radius 2 is 1.77 bits per heavy atom. The number of rotatable bonds is 13. The number of alkyl halides is 3. The van der Waals surface area contributed by atoms with Crippen LogP contribution in [-0.2, 0) is 45.1 Å². The van der Waals surface area contributed by atoms with Crippen LogP contribution in [0, 0.1) is 5.82 Å². The summed E-state index contributed by atoms with van der Waals surface area (Å²) in [6.07, 6.45) is -1.90. The van der Waals surface area contributed by atoms with E-state index in [1.165, 1.54) is 23.3 Å². The van der Waals surface area contributed by atoms with Crippen LogP contribution in [-0.4, -0.2) is 64.7 Å². The number of carbonyl (C=O) groups is 1. The van der Waals surface area contributed by atoms with Crippen LogP contribution >= 0.6 is 0 Å². The standard InChI is InChI=1S/C34H40F4N4O4S/c35-29-10-7-25(8-11-29)32(41-47(44,45)31-4-1-3-28(21-31)34(36,37)38)22-33(43)40-30-12-9-26-19-24(5-6-27(26)20-30)23-39-13-2-14-42-15-17-46-18-16-42/h1,3-8,10-11,19,21,30,32,39,41H,2,9,12-18,20,22-23H2,(H,40,43)/t30-,32-/m1/s1. The zero-order valence-electron chi connectivity index (χ0n) is 26.0. The second-order valence-corrected chi connectivity index (χ2v) is 13.8. The Morgan fingerprint density at radius 3 is 2.51 bits per heavy atom. The van der Waals surface area contributed by atoms with Crippen molar-refractivity contribution in [3.8, 4) is 0 Å². The minimum atomic E-state index is -4.73. The smallest absolute Gasteiger partial charge is 0.379 e. The minimum Gasteiger partial charge on any atom is -0.379 e. The van der Waals surface area contributed by atoms with Crippen LogP contribution in [0.25, 0.3) is 0 Å². The molecule has 0 bridgehead atoms. The maximum atomic E-state index is 13.7. The van der Waals surface area contributed by atoms with Crippen molar-refractivity contribution >= 4 is 15.9 Å². The van der Waals surface area contributed by atoms with Crippen LogP contribution in [0.5, 0.6) is 0 Å². The first-order valence-electron chi connectivity index (χ1n) is 15.8. The lowest BCUT2D eigenvalue weighted by molar-refractivity contribution is -0.137. The molecule has 1 heterocycles. The van der Waals surface area contributed by atoms with E-state index in [1.807, 2.05) is 0 Å². The summed E-state index contributed by atoms with van der Waals surface area (Å²) in [5.74, 6) is -0.987. The predicted octanol–water partition coefficient (Wildman–Crippen LogP) is 4.74. The summed E-state index contributed by atoms with van der Waals surface area (Å²) >= 11 is 0. The number of ether oxygens (including phenoxy) is 1. The van der Waals surface area contributed by atoms with Gasteiger partial charge in [0.05, 0.1) is 29.7 Å². The van der Waals surface area contributed by atoms with Crippen LogP contribution in [0.1, 0.15) is 53.1 Å². The van der Waals surface area contributed by atoms with E-state index in [1.54, 1.807) is 0 Å². The SMILES string of the molecule is O=C(C[C@@H](NS(=O)(=O)c1cccc(C(F)(F)F)c1)c1ccc(F)cc1)N[C@@H]1CCc2cc(CNCCCN3CCOCC3)ccc2C1. The summed E-state index contributed by atoms with van der Waals surface area (Å²) in [4.78, 5) is 15.0. The number of aryl methyl sites for hydroxylation is 1. The highest BCUT2D eigenvalue weighted by Crippen LogP contribution is 2.31. The summed E-state index contributed by atoms with van der Waals surface area (Å²) in [6, 6.07) is 13.4. The molecule has 0 saturated carbocycles. The molecule has 0 spiro atoms. The summed E-state index contributed by atoms with van der Waals surface area (Å²) in [5, 5.41) is 6.51. The predicted molar refractivity (Wildman–Crippen MR) is 170 cm³/mol. The molecular formula is C34H40F4N4O4S. The topological polar surface area (TPSA) is 99.8 Å². The maximum absolute atomic E-state index is 13.7. The number of morpholine rings is 1. The lowest BCUT2D eigenvalue weighted by Gasteiger charge is -2.27. The van der Waals surface area contributed by atoms with Gasteiger partial charge in [0.2, 0.25) is 15.9 Å². The summed E-state index contributed by atoms with van der Waals surface area (Å²) in [6.45, 7) is 6.34. The largest absolute Gasteiger partial charge is 0.416 e. The molecule has 0 unspecified atom stereocenters. The Balaban J connectivity index is 1.16. The lowest BCUT2D eigenvalue weighted by atomic mass is 9.87. The molecule has 1 saturated heterocycles. The van der Waals surface area contributed by atoms with Crippen LogP contribution in [0.15, 0.2) is 71.6 Å². The fourth-order valence-corrected chi connectivity index (χ4v) is 7.29. The van der Waals surface area contributed by atoms with Gasteiger partial charge in [-0.05, 0) is 91.4 Å². The van der Waals surface area contributed by atoms with Gasteiger partial charge in [-0.2, -0.15) is 13.2 Å². The van der Waals surface area contributed by atoms with Gasteiger partial charge in [-0.25, -0.2) is 17.5 Å². The number of halogens is 4. The molecule has 0 aromatic heterocycles. The van der Waals surface area contributed by atoms with Gasteiger partial charge in [0.25, 0.3) is 0 Å². The van der Waals surface area contributed by atoms with Gasteiger partial charge in [0.1, 0.15) is 5.82 Å². The molecule has 3 aromatic carbocycles. The summed E-state index contributed by atoms with van der Waals surface area (Å²) in [7, 11) is -4.47. The molecule has 3 N–H and O–H groups in total. The number of fused-ring (bicyclic) bond motifs is 1. The molecule has 8 nitrogen and oxygen atoms in total. The van der Waals surface area contributed by atoms with Gasteiger partial charge >= 0.3 is 6.18 Å². The zero-order chi connectivity index (χ0) is 33.4. The monoisotopic (exact) mass is 676 g/mol. The van der Waals surface area contributed by atoms with E-state index in [2.05, 4.69) is 38.5 Å². The Hall–Kier alpha value is -3.36. The molecule has 47 heavy (non-hydrogen) atoms. The van der Waals surface area contributed by atoms with Crippen LogP contribution < -0.4 is 15.4 Å². The van der Waals surface area contributed by atoms with Gasteiger partial charge in [0, 0.05) is 32.1 Å². The molecule has 254 valence electrons. The van der Waals surface area contributed by atoms with Crippen molar-refractivity contribution in [2.75, 3.05) is 39.4 Å². The number of sulfonamides is 1. The van der Waals surface area contributed by atoms with Crippen molar-refractivity contribution in [3.63, 3.8) is 0 Å². The highest BCUT2D eigenvalue weighted by atomic mass is 32.2. The molecule has 1 aliphatic heterocycles. The second kappa shape index (κ2) is 15.7. The second-order valence-electron chi connectivity index (χ2n) is 12.0. The van der Waals surface area contributed by atoms with E-state index in [-0.39, 0.29) is 12.5 Å². The third-order valence-corrected chi connectivity index (χ3v) is 10.0. The molecule has 0 radical (unpaired) electrons. The molecule has 1 fully saturated rings. The zero-order valence-corrected chi connectivity index (χ0v) is 26.8. The normalized spacial score (nSPS) is 18.0. The number of nitrogens with zero attached hydrogens (tertiary/aromatic N) is 1. The van der Waals surface area contributed by atoms with Crippen molar-refractivity contribution in [3.05, 3.63) is 100 Å². The molecule has 3 aromatic rings. The van der Waals surface area contributed by atoms with Crippen molar-refractivity contribution in [1.82, 2.24) is 20.3 Å². The van der Waals surface area contributed by atoms with Gasteiger partial charge in [-0.15, -0.1) is 0 Å². The van der Waals surface area contributed by atoms with E-state index in [4.69, 9.17) is 4.74 Å². The van der Waals surface area contributed by atoms with Gasteiger partial charge in [0.15, 0.2) is 0 Å². The van der Waals surface area contributed by atoms with Crippen molar-refractivity contribution < 1.29 is 35.5 Å². The third kappa shape index (κ3) is 10.1. The van der Waals surface area contributed by atoms with E-state index in [0.29, 0.717) is 24.5 Å². The van der Waals surface area contributed by atoms with Crippen LogP contribution in [0.4, 0.5) is 17.6 Å². The fourth-order valence-electron chi connectivity index (χ4n) is 6.02. The van der Waals surface area contributed by atoms with Crippen molar-refractivity contribution in [1.29, 1.82) is 0 Å². The average molecular weight is 677 g/mol. The number of hydrogen-bond acceptors (Lipinski definition) is 6. The first-order valence-corrected chi connectivity index (χ1v) is 17.3. The third-order valence-electron chi connectivity index (χ3n) is 8.56. The van der Waals surface area contributed by atoms with E-state index < -0.39 is 44.4 Å². The Bertz CT molecular complexity index is 1610. The molecule has 5 rings (SSSR count). The molecule has 1 amide bonds. The molecule has 13 heteroatoms. The van der Waals surface area contributed by atoms with Crippen molar-refractivity contribution in [2.45, 2.75) is 61.8 Å². The van der Waals surface area contributed by atoms with Crippen LogP contribution in [0.3, 0.4) is 0 Å². The summed E-state index contributed by atoms with van der Waals surface area (Å²) in [5.41, 5.74) is 2.76. The Labute approximate surface area is 272 Å². The van der Waals surface area contributed by atoms with Gasteiger partial charge in [-0.3, -0.25) is 9.69 Å². The van der Waals surface area contributed by atoms with Crippen molar-refractivity contribution in [2.24, 2.45) is 0 Å². The average Bonchev–Trinajstić information content (AvgIpc) is 3.04. The first-order chi connectivity index (χ1) is 22.5. The fraction of sp³-hybridized carbons (Fsp3) is 0.441. The highest BCUT2D eigenvalue weighted by Gasteiger charge is 2.33. The molecule has 2 atom stereocenters. The summed E-state index contributed by atoms with van der Waals surface area (Å²) < 4.78 is 87.5. The first kappa shape index (κ1) is 35.0. The Morgan fingerprint density at radius 1 is 1.00 bits per heavy atom. The molecular weight excluding hydrogens is 636 g/mol.